The van der Waals surface area contributed by atoms with E-state index in [2.05, 4.69) is 20.5 Å². The maximum absolute atomic E-state index is 5.23. The zero-order valence-electron chi connectivity index (χ0n) is 10.1. The van der Waals surface area contributed by atoms with Gasteiger partial charge in [-0.05, 0) is 13.0 Å². The maximum atomic E-state index is 5.23. The van der Waals surface area contributed by atoms with Crippen LogP contribution in [-0.4, -0.2) is 26.9 Å². The summed E-state index contributed by atoms with van der Waals surface area (Å²) in [4.78, 5) is 4.17. The Kier molecular flexibility index (Phi) is 3.22. The third-order valence-electron chi connectivity index (χ3n) is 2.47. The van der Waals surface area contributed by atoms with Crippen LogP contribution in [0.15, 0.2) is 18.6 Å². The zero-order valence-corrected chi connectivity index (χ0v) is 10.1. The molecule has 0 spiro atoms. The summed E-state index contributed by atoms with van der Waals surface area (Å²) in [5.41, 5.74) is 1.84. The fourth-order valence-corrected chi connectivity index (χ4v) is 1.49. The van der Waals surface area contributed by atoms with E-state index in [1.165, 1.54) is 0 Å². The molecule has 0 unspecified atom stereocenters. The van der Waals surface area contributed by atoms with Crippen LogP contribution in [0.1, 0.15) is 11.5 Å². The third kappa shape index (κ3) is 2.52. The summed E-state index contributed by atoms with van der Waals surface area (Å²) in [6, 6.07) is 1.94. The molecule has 2 heterocycles. The summed E-state index contributed by atoms with van der Waals surface area (Å²) in [6.45, 7) is 2.53. The number of methoxy groups -OCH3 is 1. The molecule has 1 N–H and O–H groups in total. The Labute approximate surface area is 99.7 Å². The van der Waals surface area contributed by atoms with Crippen molar-refractivity contribution in [3.8, 4) is 5.75 Å². The Morgan fingerprint density at radius 3 is 2.94 bits per heavy atom. The number of rotatable bonds is 4. The second kappa shape index (κ2) is 4.82. The minimum absolute atomic E-state index is 0.594. The van der Waals surface area contributed by atoms with Crippen LogP contribution in [-0.2, 0) is 13.6 Å². The van der Waals surface area contributed by atoms with Crippen molar-refractivity contribution in [1.82, 2.24) is 19.7 Å². The summed E-state index contributed by atoms with van der Waals surface area (Å²) in [7, 11) is 3.53. The van der Waals surface area contributed by atoms with Gasteiger partial charge in [-0.1, -0.05) is 0 Å². The minimum atomic E-state index is 0.594. The molecule has 0 aliphatic rings. The molecular weight excluding hydrogens is 218 g/mol. The van der Waals surface area contributed by atoms with Gasteiger partial charge in [0.25, 0.3) is 0 Å². The van der Waals surface area contributed by atoms with Crippen LogP contribution >= 0.6 is 0 Å². The van der Waals surface area contributed by atoms with Gasteiger partial charge in [-0.3, -0.25) is 4.98 Å². The van der Waals surface area contributed by atoms with Crippen molar-refractivity contribution in [3.05, 3.63) is 30.1 Å². The number of hydrogen-bond acceptors (Lipinski definition) is 5. The molecular formula is C11H15N5O. The normalized spacial score (nSPS) is 10.3. The Morgan fingerprint density at radius 1 is 1.47 bits per heavy atom. The van der Waals surface area contributed by atoms with Crippen molar-refractivity contribution in [2.24, 2.45) is 7.05 Å². The van der Waals surface area contributed by atoms with Crippen molar-refractivity contribution in [3.63, 3.8) is 0 Å². The SMILES string of the molecule is COc1cnc(C)cc1NCc1nncn1C. The summed E-state index contributed by atoms with van der Waals surface area (Å²) >= 11 is 0. The van der Waals surface area contributed by atoms with Crippen LogP contribution in [0, 0.1) is 6.92 Å². The van der Waals surface area contributed by atoms with Crippen molar-refractivity contribution in [2.75, 3.05) is 12.4 Å². The summed E-state index contributed by atoms with van der Waals surface area (Å²) in [6.07, 6.45) is 3.38. The van der Waals surface area contributed by atoms with E-state index in [-0.39, 0.29) is 0 Å². The number of nitrogens with one attached hydrogen (secondary N) is 1. The first-order chi connectivity index (χ1) is 8.20. The molecule has 17 heavy (non-hydrogen) atoms. The molecule has 6 nitrogen and oxygen atoms in total. The first kappa shape index (κ1) is 11.4. The highest BCUT2D eigenvalue weighted by Crippen LogP contribution is 2.23. The van der Waals surface area contributed by atoms with E-state index in [9.17, 15) is 0 Å². The number of anilines is 1. The maximum Gasteiger partial charge on any atom is 0.160 e. The van der Waals surface area contributed by atoms with Crippen molar-refractivity contribution >= 4 is 5.69 Å². The lowest BCUT2D eigenvalue weighted by atomic mass is 10.3. The van der Waals surface area contributed by atoms with Crippen LogP contribution < -0.4 is 10.1 Å². The van der Waals surface area contributed by atoms with Gasteiger partial charge in [0.2, 0.25) is 0 Å². The number of aromatic nitrogens is 4. The topological polar surface area (TPSA) is 64.9 Å². The van der Waals surface area contributed by atoms with Crippen LogP contribution in [0.5, 0.6) is 5.75 Å². The summed E-state index contributed by atoms with van der Waals surface area (Å²) in [5, 5.41) is 11.1. The van der Waals surface area contributed by atoms with E-state index >= 15 is 0 Å². The molecule has 0 saturated carbocycles. The monoisotopic (exact) mass is 233 g/mol. The predicted molar refractivity (Wildman–Crippen MR) is 63.9 cm³/mol. The Morgan fingerprint density at radius 2 is 2.29 bits per heavy atom. The highest BCUT2D eigenvalue weighted by Gasteiger charge is 2.05. The highest BCUT2D eigenvalue weighted by atomic mass is 16.5. The second-order valence-electron chi connectivity index (χ2n) is 3.74. The van der Waals surface area contributed by atoms with E-state index < -0.39 is 0 Å². The van der Waals surface area contributed by atoms with E-state index in [1.54, 1.807) is 19.6 Å². The average molecular weight is 233 g/mol. The first-order valence-electron chi connectivity index (χ1n) is 5.28. The standard InChI is InChI=1S/C11H15N5O/c1-8-4-9(10(17-3)5-12-8)13-6-11-15-14-7-16(11)2/h4-5,7H,6H2,1-3H3,(H,12,13). The van der Waals surface area contributed by atoms with Crippen molar-refractivity contribution in [1.29, 1.82) is 0 Å². The molecule has 0 aliphatic carbocycles. The molecule has 2 rings (SSSR count). The quantitative estimate of drug-likeness (QED) is 0.857. The second-order valence-corrected chi connectivity index (χ2v) is 3.74. The fraction of sp³-hybridized carbons (Fsp3) is 0.364. The molecule has 90 valence electrons. The Hall–Kier alpha value is -2.11. The van der Waals surface area contributed by atoms with E-state index in [0.29, 0.717) is 6.54 Å². The third-order valence-corrected chi connectivity index (χ3v) is 2.47. The van der Waals surface area contributed by atoms with Gasteiger partial charge < -0.3 is 14.6 Å². The predicted octanol–water partition coefficient (Wildman–Crippen LogP) is 1.14. The molecule has 0 radical (unpaired) electrons. The lowest BCUT2D eigenvalue weighted by Crippen LogP contribution is -2.07. The van der Waals surface area contributed by atoms with E-state index in [0.717, 1.165) is 23.0 Å². The summed E-state index contributed by atoms with van der Waals surface area (Å²) < 4.78 is 7.10. The Balaban J connectivity index is 2.13. The number of hydrogen-bond donors (Lipinski definition) is 1. The average Bonchev–Trinajstić information content (AvgIpc) is 2.72. The van der Waals surface area contributed by atoms with Crippen LogP contribution in [0.4, 0.5) is 5.69 Å². The number of pyridine rings is 1. The fourth-order valence-electron chi connectivity index (χ4n) is 1.49. The molecule has 0 bridgehead atoms. The number of ether oxygens (including phenoxy) is 1. The lowest BCUT2D eigenvalue weighted by Gasteiger charge is -2.10. The number of nitrogens with zero attached hydrogens (tertiary/aromatic N) is 4. The van der Waals surface area contributed by atoms with Gasteiger partial charge >= 0.3 is 0 Å². The molecule has 0 aliphatic heterocycles. The minimum Gasteiger partial charge on any atom is -0.493 e. The molecule has 0 aromatic carbocycles. The number of aryl methyl sites for hydroxylation is 2. The lowest BCUT2D eigenvalue weighted by molar-refractivity contribution is 0.414. The highest BCUT2D eigenvalue weighted by molar-refractivity contribution is 5.55. The Bertz CT molecular complexity index is 508. The van der Waals surface area contributed by atoms with Gasteiger partial charge in [0.1, 0.15) is 6.33 Å². The van der Waals surface area contributed by atoms with Crippen LogP contribution in [0.2, 0.25) is 0 Å². The molecule has 0 fully saturated rings. The molecule has 0 amide bonds. The largest absolute Gasteiger partial charge is 0.493 e. The summed E-state index contributed by atoms with van der Waals surface area (Å²) in [5.74, 6) is 1.58. The molecule has 2 aromatic heterocycles. The van der Waals surface area contributed by atoms with Crippen LogP contribution in [0.3, 0.4) is 0 Å². The van der Waals surface area contributed by atoms with Gasteiger partial charge in [-0.2, -0.15) is 0 Å². The molecule has 2 aromatic rings. The zero-order chi connectivity index (χ0) is 12.3. The van der Waals surface area contributed by atoms with Gasteiger partial charge in [0.15, 0.2) is 11.6 Å². The van der Waals surface area contributed by atoms with E-state index in [4.69, 9.17) is 4.74 Å². The van der Waals surface area contributed by atoms with Gasteiger partial charge in [0.05, 0.1) is 25.5 Å². The van der Waals surface area contributed by atoms with Gasteiger partial charge in [0, 0.05) is 12.7 Å². The van der Waals surface area contributed by atoms with E-state index in [1.807, 2.05) is 24.6 Å². The van der Waals surface area contributed by atoms with Crippen LogP contribution in [0.25, 0.3) is 0 Å². The van der Waals surface area contributed by atoms with Gasteiger partial charge in [-0.25, -0.2) is 0 Å². The smallest absolute Gasteiger partial charge is 0.160 e. The first-order valence-corrected chi connectivity index (χ1v) is 5.28. The van der Waals surface area contributed by atoms with Gasteiger partial charge in [-0.15, -0.1) is 10.2 Å². The van der Waals surface area contributed by atoms with Crippen molar-refractivity contribution < 1.29 is 4.74 Å². The van der Waals surface area contributed by atoms with Crippen molar-refractivity contribution in [2.45, 2.75) is 13.5 Å². The molecule has 0 saturated heterocycles. The molecule has 0 atom stereocenters. The molecule has 6 heteroatoms.